The topological polar surface area (TPSA) is 36.0 Å². The maximum Gasteiger partial charge on any atom is 0.236 e. The third-order valence-corrected chi connectivity index (χ3v) is 4.83. The van der Waals surface area contributed by atoms with Crippen LogP contribution in [0.3, 0.4) is 0 Å². The summed E-state index contributed by atoms with van der Waals surface area (Å²) in [6.45, 7) is 3.94. The molecule has 1 aliphatic rings. The van der Waals surface area contributed by atoms with Crippen LogP contribution in [-0.4, -0.2) is 62.6 Å². The second kappa shape index (κ2) is 8.86. The van der Waals surface area contributed by atoms with Gasteiger partial charge in [-0.25, -0.2) is 4.39 Å². The van der Waals surface area contributed by atoms with Gasteiger partial charge in [-0.05, 0) is 36.9 Å². The van der Waals surface area contributed by atoms with Gasteiger partial charge >= 0.3 is 0 Å². The van der Waals surface area contributed by atoms with E-state index in [0.29, 0.717) is 13.1 Å². The molecule has 6 heteroatoms. The number of methoxy groups -OCH3 is 1. The molecule has 0 aliphatic carbocycles. The highest BCUT2D eigenvalue weighted by Crippen LogP contribution is 2.19. The highest BCUT2D eigenvalue weighted by molar-refractivity contribution is 5.78. The first-order valence-corrected chi connectivity index (χ1v) is 9.15. The number of amides is 1. The lowest BCUT2D eigenvalue weighted by molar-refractivity contribution is -0.132. The Labute approximate surface area is 159 Å². The largest absolute Gasteiger partial charge is 0.494 e. The number of nitrogens with zero attached hydrogens (tertiary/aromatic N) is 3. The molecule has 2 aromatic carbocycles. The van der Waals surface area contributed by atoms with Crippen molar-refractivity contribution in [2.45, 2.75) is 6.54 Å². The molecule has 3 rings (SSSR count). The molecule has 0 aromatic heterocycles. The quantitative estimate of drug-likeness (QED) is 0.782. The number of ether oxygens (including phenoxy) is 1. The fourth-order valence-electron chi connectivity index (χ4n) is 3.36. The fourth-order valence-corrected chi connectivity index (χ4v) is 3.36. The van der Waals surface area contributed by atoms with Crippen molar-refractivity contribution in [3.8, 4) is 5.75 Å². The molecule has 1 aliphatic heterocycles. The van der Waals surface area contributed by atoms with Crippen LogP contribution >= 0.6 is 0 Å². The van der Waals surface area contributed by atoms with E-state index in [9.17, 15) is 9.18 Å². The molecular weight excluding hydrogens is 345 g/mol. The molecule has 27 heavy (non-hydrogen) atoms. The maximum atomic E-state index is 13.8. The molecule has 0 saturated carbocycles. The van der Waals surface area contributed by atoms with E-state index in [1.54, 1.807) is 6.07 Å². The Kier molecular flexibility index (Phi) is 6.29. The van der Waals surface area contributed by atoms with Crippen molar-refractivity contribution in [2.75, 3.05) is 51.8 Å². The zero-order valence-electron chi connectivity index (χ0n) is 15.9. The van der Waals surface area contributed by atoms with E-state index in [1.807, 2.05) is 41.1 Å². The number of hydrogen-bond acceptors (Lipinski definition) is 4. The summed E-state index contributed by atoms with van der Waals surface area (Å²) in [6.07, 6.45) is 0. The van der Waals surface area contributed by atoms with Crippen molar-refractivity contribution >= 4 is 11.6 Å². The second-order valence-corrected chi connectivity index (χ2v) is 6.84. The summed E-state index contributed by atoms with van der Waals surface area (Å²) < 4.78 is 18.7. The maximum absolute atomic E-state index is 13.8. The van der Waals surface area contributed by atoms with E-state index in [1.165, 1.54) is 18.9 Å². The van der Waals surface area contributed by atoms with E-state index in [4.69, 9.17) is 4.74 Å². The molecule has 0 bridgehead atoms. The number of benzene rings is 2. The highest BCUT2D eigenvalue weighted by Gasteiger charge is 2.22. The number of piperazine rings is 1. The predicted molar refractivity (Wildman–Crippen MR) is 105 cm³/mol. The number of rotatable bonds is 6. The van der Waals surface area contributed by atoms with Gasteiger partial charge in [0.2, 0.25) is 5.91 Å². The van der Waals surface area contributed by atoms with Gasteiger partial charge < -0.3 is 14.5 Å². The van der Waals surface area contributed by atoms with Gasteiger partial charge in [0.05, 0.1) is 13.7 Å². The molecule has 0 atom stereocenters. The van der Waals surface area contributed by atoms with Crippen LogP contribution in [0.2, 0.25) is 0 Å². The van der Waals surface area contributed by atoms with Crippen LogP contribution in [0, 0.1) is 5.82 Å². The van der Waals surface area contributed by atoms with Gasteiger partial charge in [-0.15, -0.1) is 0 Å². The number of likely N-dealkylation sites (N-methyl/N-ethyl adjacent to an activating group) is 1. The predicted octanol–water partition coefficient (Wildman–Crippen LogP) is 2.61. The minimum atomic E-state index is -0.383. The Bertz CT molecular complexity index is 761. The Morgan fingerprint density at radius 3 is 2.44 bits per heavy atom. The molecule has 0 spiro atoms. The zero-order chi connectivity index (χ0) is 19.2. The third kappa shape index (κ3) is 4.98. The van der Waals surface area contributed by atoms with Crippen molar-refractivity contribution in [3.05, 3.63) is 59.9 Å². The Morgan fingerprint density at radius 2 is 1.81 bits per heavy atom. The summed E-state index contributed by atoms with van der Waals surface area (Å²) in [5, 5.41) is 0. The third-order valence-electron chi connectivity index (χ3n) is 4.83. The van der Waals surface area contributed by atoms with Gasteiger partial charge in [-0.2, -0.15) is 0 Å². The molecule has 0 N–H and O–H groups in total. The van der Waals surface area contributed by atoms with Crippen molar-refractivity contribution in [1.29, 1.82) is 0 Å². The standard InChI is InChI=1S/C21H26FN3O2/c1-23(15-17-8-9-20(27-2)19(22)14-17)16-21(26)25-12-10-24(11-13-25)18-6-4-3-5-7-18/h3-9,14H,10-13,15-16H2,1-2H3. The lowest BCUT2D eigenvalue weighted by Crippen LogP contribution is -2.51. The molecule has 144 valence electrons. The number of anilines is 1. The fraction of sp³-hybridized carbons (Fsp3) is 0.381. The zero-order valence-corrected chi connectivity index (χ0v) is 15.9. The van der Waals surface area contributed by atoms with Crippen LogP contribution in [0.15, 0.2) is 48.5 Å². The summed E-state index contributed by atoms with van der Waals surface area (Å²) in [5.41, 5.74) is 2.01. The van der Waals surface area contributed by atoms with Crippen LogP contribution in [0.1, 0.15) is 5.56 Å². The van der Waals surface area contributed by atoms with E-state index in [0.717, 1.165) is 31.7 Å². The molecule has 2 aromatic rings. The van der Waals surface area contributed by atoms with Gasteiger partial charge in [0.1, 0.15) is 0 Å². The molecule has 5 nitrogen and oxygen atoms in total. The Balaban J connectivity index is 1.48. The van der Waals surface area contributed by atoms with Gasteiger partial charge in [0.15, 0.2) is 11.6 Å². The highest BCUT2D eigenvalue weighted by atomic mass is 19.1. The number of hydrogen-bond donors (Lipinski definition) is 0. The van der Waals surface area contributed by atoms with Crippen molar-refractivity contribution in [2.24, 2.45) is 0 Å². The molecule has 0 radical (unpaired) electrons. The summed E-state index contributed by atoms with van der Waals surface area (Å²) in [4.78, 5) is 18.7. The van der Waals surface area contributed by atoms with Crippen LogP contribution in [-0.2, 0) is 11.3 Å². The van der Waals surface area contributed by atoms with E-state index >= 15 is 0 Å². The smallest absolute Gasteiger partial charge is 0.236 e. The Hall–Kier alpha value is -2.60. The molecular formula is C21H26FN3O2. The van der Waals surface area contributed by atoms with Crippen LogP contribution < -0.4 is 9.64 Å². The molecule has 1 saturated heterocycles. The van der Waals surface area contributed by atoms with Crippen LogP contribution in [0.25, 0.3) is 0 Å². The minimum Gasteiger partial charge on any atom is -0.494 e. The number of carbonyl (C=O) groups is 1. The first-order valence-electron chi connectivity index (χ1n) is 9.15. The van der Waals surface area contributed by atoms with E-state index < -0.39 is 0 Å². The first-order chi connectivity index (χ1) is 13.1. The Morgan fingerprint density at radius 1 is 1.11 bits per heavy atom. The lowest BCUT2D eigenvalue weighted by Gasteiger charge is -2.36. The van der Waals surface area contributed by atoms with Crippen molar-refractivity contribution in [3.63, 3.8) is 0 Å². The second-order valence-electron chi connectivity index (χ2n) is 6.84. The summed E-state index contributed by atoms with van der Waals surface area (Å²) in [7, 11) is 3.32. The molecule has 1 heterocycles. The number of para-hydroxylation sites is 1. The van der Waals surface area contributed by atoms with Crippen LogP contribution in [0.4, 0.5) is 10.1 Å². The van der Waals surface area contributed by atoms with Crippen molar-refractivity contribution < 1.29 is 13.9 Å². The lowest BCUT2D eigenvalue weighted by atomic mass is 10.2. The molecule has 1 amide bonds. The SMILES string of the molecule is COc1ccc(CN(C)CC(=O)N2CCN(c3ccccc3)CC2)cc1F. The summed E-state index contributed by atoms with van der Waals surface area (Å²) >= 11 is 0. The average molecular weight is 371 g/mol. The summed E-state index contributed by atoms with van der Waals surface area (Å²) in [6, 6.07) is 15.2. The van der Waals surface area contributed by atoms with Gasteiger partial charge in [-0.3, -0.25) is 9.69 Å². The average Bonchev–Trinajstić information content (AvgIpc) is 2.69. The van der Waals surface area contributed by atoms with Crippen LogP contribution in [0.5, 0.6) is 5.75 Å². The van der Waals surface area contributed by atoms with Gasteiger partial charge in [-0.1, -0.05) is 24.3 Å². The number of carbonyl (C=O) groups excluding carboxylic acids is 1. The molecule has 1 fully saturated rings. The normalized spacial score (nSPS) is 14.5. The molecule has 0 unspecified atom stereocenters. The van der Waals surface area contributed by atoms with E-state index in [-0.39, 0.29) is 17.5 Å². The van der Waals surface area contributed by atoms with Crippen molar-refractivity contribution in [1.82, 2.24) is 9.80 Å². The minimum absolute atomic E-state index is 0.110. The van der Waals surface area contributed by atoms with E-state index in [2.05, 4.69) is 17.0 Å². The summed E-state index contributed by atoms with van der Waals surface area (Å²) in [5.74, 6) is -0.0419. The monoisotopic (exact) mass is 371 g/mol. The first kappa shape index (κ1) is 19.2. The number of halogens is 1. The van der Waals surface area contributed by atoms with Gasteiger partial charge in [0.25, 0.3) is 0 Å². The van der Waals surface area contributed by atoms with Gasteiger partial charge in [0, 0.05) is 38.4 Å².